The minimum absolute atomic E-state index is 0.478. The molecule has 4 N–H and O–H groups in total. The fraction of sp³-hybridized carbons (Fsp3) is 0.231. The van der Waals surface area contributed by atoms with Crippen molar-refractivity contribution >= 4 is 12.6 Å². The molecule has 19 heavy (non-hydrogen) atoms. The van der Waals surface area contributed by atoms with Crippen LogP contribution >= 0.6 is 0 Å². The highest BCUT2D eigenvalue weighted by atomic mass is 16.3. The van der Waals surface area contributed by atoms with Crippen LogP contribution in [-0.2, 0) is 9.59 Å². The maximum atomic E-state index is 10.1. The van der Waals surface area contributed by atoms with E-state index in [9.17, 15) is 30.0 Å². The van der Waals surface area contributed by atoms with Gasteiger partial charge in [0.25, 0.3) is 0 Å². The molecule has 0 spiro atoms. The van der Waals surface area contributed by atoms with E-state index < -0.39 is 30.1 Å². The minimum Gasteiger partial charge on any atom is -0.511 e. The predicted octanol–water partition coefficient (Wildman–Crippen LogP) is 0.351. The summed E-state index contributed by atoms with van der Waals surface area (Å²) in [6.45, 7) is -1.53. The number of carbonyl (C=O) groups is 2. The van der Waals surface area contributed by atoms with Gasteiger partial charge < -0.3 is 20.4 Å². The maximum absolute atomic E-state index is 10.1. The molecule has 0 aromatic rings. The van der Waals surface area contributed by atoms with Crippen LogP contribution in [0.4, 0.5) is 0 Å². The molecule has 0 aliphatic rings. The highest BCUT2D eigenvalue weighted by molar-refractivity contribution is 5.65. The molecule has 0 bridgehead atoms. The van der Waals surface area contributed by atoms with Gasteiger partial charge in [-0.1, -0.05) is 12.2 Å². The SMILES string of the molecule is O=C/C=C/C=C(O)C(CO)(CO)C(O)=C/C=C/C=O. The van der Waals surface area contributed by atoms with Crippen LogP contribution in [0.15, 0.2) is 48.0 Å². The zero-order valence-corrected chi connectivity index (χ0v) is 10.1. The van der Waals surface area contributed by atoms with E-state index in [1.165, 1.54) is 12.2 Å². The van der Waals surface area contributed by atoms with Gasteiger partial charge in [-0.05, 0) is 24.3 Å². The Bertz CT molecular complexity index is 377. The average Bonchev–Trinajstić information content (AvgIpc) is 2.41. The molecule has 0 rings (SSSR count). The molecule has 6 heteroatoms. The molecule has 0 heterocycles. The third kappa shape index (κ3) is 4.53. The summed E-state index contributed by atoms with van der Waals surface area (Å²) in [5, 5.41) is 38.1. The Morgan fingerprint density at radius 2 is 1.16 bits per heavy atom. The standard InChI is InChI=1S/C13H16O6/c14-7-3-1-5-11(18)13(9-16,10-17)12(19)6-2-4-8-15/h1-8,16-19H,9-10H2/b3-1+,4-2+,11-5?,12-6?. The van der Waals surface area contributed by atoms with Gasteiger partial charge in [0.05, 0.1) is 13.2 Å². The van der Waals surface area contributed by atoms with E-state index in [1.54, 1.807) is 0 Å². The molecule has 0 fully saturated rings. The van der Waals surface area contributed by atoms with Crippen molar-refractivity contribution in [1.82, 2.24) is 0 Å². The topological polar surface area (TPSA) is 115 Å². The molecular weight excluding hydrogens is 252 g/mol. The van der Waals surface area contributed by atoms with Gasteiger partial charge in [-0.3, -0.25) is 9.59 Å². The van der Waals surface area contributed by atoms with E-state index in [-0.39, 0.29) is 0 Å². The first-order valence-electron chi connectivity index (χ1n) is 5.34. The zero-order valence-electron chi connectivity index (χ0n) is 10.1. The average molecular weight is 268 g/mol. The van der Waals surface area contributed by atoms with Gasteiger partial charge in [-0.25, -0.2) is 0 Å². The van der Waals surface area contributed by atoms with Crippen molar-refractivity contribution in [1.29, 1.82) is 0 Å². The van der Waals surface area contributed by atoms with E-state index in [0.717, 1.165) is 24.3 Å². The Morgan fingerprint density at radius 3 is 1.42 bits per heavy atom. The summed E-state index contributed by atoms with van der Waals surface area (Å²) in [5.74, 6) is -1.05. The van der Waals surface area contributed by atoms with Crippen LogP contribution in [0, 0.1) is 5.41 Å². The van der Waals surface area contributed by atoms with E-state index in [4.69, 9.17) is 0 Å². The molecule has 0 saturated heterocycles. The Hall–Kier alpha value is -2.18. The summed E-state index contributed by atoms with van der Waals surface area (Å²) < 4.78 is 0. The second-order valence-electron chi connectivity index (χ2n) is 3.54. The first-order valence-corrected chi connectivity index (χ1v) is 5.34. The number of hydrogen-bond donors (Lipinski definition) is 4. The van der Waals surface area contributed by atoms with Gasteiger partial charge in [-0.15, -0.1) is 0 Å². The lowest BCUT2D eigenvalue weighted by Crippen LogP contribution is -2.34. The maximum Gasteiger partial charge on any atom is 0.142 e. The van der Waals surface area contributed by atoms with Crippen LogP contribution in [0.5, 0.6) is 0 Å². The fourth-order valence-corrected chi connectivity index (χ4v) is 1.21. The molecule has 0 amide bonds. The second-order valence-corrected chi connectivity index (χ2v) is 3.54. The number of aliphatic hydroxyl groups excluding tert-OH is 4. The Kier molecular flexibility index (Phi) is 7.83. The molecule has 0 unspecified atom stereocenters. The van der Waals surface area contributed by atoms with Gasteiger partial charge in [0.2, 0.25) is 0 Å². The molecule has 0 aliphatic heterocycles. The number of aliphatic hydroxyl groups is 4. The van der Waals surface area contributed by atoms with Gasteiger partial charge in [-0.2, -0.15) is 0 Å². The predicted molar refractivity (Wildman–Crippen MR) is 68.4 cm³/mol. The molecule has 0 aromatic heterocycles. The molecule has 0 saturated carbocycles. The van der Waals surface area contributed by atoms with E-state index >= 15 is 0 Å². The van der Waals surface area contributed by atoms with Crippen LogP contribution in [0.1, 0.15) is 0 Å². The third-order valence-electron chi connectivity index (χ3n) is 2.41. The number of rotatable bonds is 8. The minimum atomic E-state index is -1.79. The van der Waals surface area contributed by atoms with Crippen LogP contribution in [-0.4, -0.2) is 46.2 Å². The quantitative estimate of drug-likeness (QED) is 0.218. The van der Waals surface area contributed by atoms with Crippen molar-refractivity contribution in [3.8, 4) is 0 Å². The van der Waals surface area contributed by atoms with Gasteiger partial charge in [0, 0.05) is 0 Å². The smallest absolute Gasteiger partial charge is 0.142 e. The number of hydrogen-bond acceptors (Lipinski definition) is 6. The number of allylic oxidation sites excluding steroid dienone is 6. The largest absolute Gasteiger partial charge is 0.511 e. The number of carbonyl (C=O) groups excluding carboxylic acids is 2. The van der Waals surface area contributed by atoms with Crippen LogP contribution in [0.3, 0.4) is 0 Å². The molecule has 0 radical (unpaired) electrons. The zero-order chi connectivity index (χ0) is 14.7. The highest BCUT2D eigenvalue weighted by Crippen LogP contribution is 2.32. The molecule has 6 nitrogen and oxygen atoms in total. The number of aldehydes is 2. The van der Waals surface area contributed by atoms with Crippen LogP contribution in [0.25, 0.3) is 0 Å². The lowest BCUT2D eigenvalue weighted by molar-refractivity contribution is -0.104. The van der Waals surface area contributed by atoms with E-state index in [2.05, 4.69) is 0 Å². The molecule has 0 atom stereocenters. The van der Waals surface area contributed by atoms with Crippen LogP contribution in [0.2, 0.25) is 0 Å². The van der Waals surface area contributed by atoms with Crippen molar-refractivity contribution in [2.24, 2.45) is 5.41 Å². The van der Waals surface area contributed by atoms with E-state index in [0.29, 0.717) is 12.6 Å². The second kappa shape index (κ2) is 8.84. The van der Waals surface area contributed by atoms with Crippen molar-refractivity contribution in [3.63, 3.8) is 0 Å². The first kappa shape index (κ1) is 16.8. The third-order valence-corrected chi connectivity index (χ3v) is 2.41. The Balaban J connectivity index is 5.45. The van der Waals surface area contributed by atoms with Crippen molar-refractivity contribution in [3.05, 3.63) is 48.0 Å². The molecule has 0 aliphatic carbocycles. The normalized spacial score (nSPS) is 14.2. The molecule has 0 aromatic carbocycles. The van der Waals surface area contributed by atoms with Gasteiger partial charge in [0.1, 0.15) is 29.5 Å². The lowest BCUT2D eigenvalue weighted by atomic mass is 9.84. The first-order chi connectivity index (χ1) is 9.08. The van der Waals surface area contributed by atoms with E-state index in [1.807, 2.05) is 0 Å². The summed E-state index contributed by atoms with van der Waals surface area (Å²) in [7, 11) is 0. The lowest BCUT2D eigenvalue weighted by Gasteiger charge is -2.28. The summed E-state index contributed by atoms with van der Waals surface area (Å²) in [6.07, 6.45) is 7.64. The Labute approximate surface area is 110 Å². The fourth-order valence-electron chi connectivity index (χ4n) is 1.21. The molecular formula is C13H16O6. The summed E-state index contributed by atoms with van der Waals surface area (Å²) in [4.78, 5) is 20.2. The van der Waals surface area contributed by atoms with Crippen molar-refractivity contribution in [2.45, 2.75) is 0 Å². The summed E-state index contributed by atoms with van der Waals surface area (Å²) in [6, 6.07) is 0. The summed E-state index contributed by atoms with van der Waals surface area (Å²) in [5.41, 5.74) is -1.79. The monoisotopic (exact) mass is 268 g/mol. The van der Waals surface area contributed by atoms with Gasteiger partial charge in [0.15, 0.2) is 0 Å². The van der Waals surface area contributed by atoms with Crippen LogP contribution < -0.4 is 0 Å². The highest BCUT2D eigenvalue weighted by Gasteiger charge is 2.38. The summed E-state index contributed by atoms with van der Waals surface area (Å²) >= 11 is 0. The Morgan fingerprint density at radius 1 is 0.789 bits per heavy atom. The van der Waals surface area contributed by atoms with Crippen molar-refractivity contribution < 1.29 is 30.0 Å². The van der Waals surface area contributed by atoms with Gasteiger partial charge >= 0.3 is 0 Å². The van der Waals surface area contributed by atoms with Crippen molar-refractivity contribution in [2.75, 3.05) is 13.2 Å². The molecule has 104 valence electrons.